The SMILES string of the molecule is COc1cc(CNC(=O)CCCOc2ccc(S(C)(=O)=O)cc2)ccc1OCc1ccncc1. The van der Waals surface area contributed by atoms with Crippen LogP contribution in [0.25, 0.3) is 0 Å². The number of carbonyl (C=O) groups is 1. The normalized spacial score (nSPS) is 11.0. The maximum Gasteiger partial charge on any atom is 0.220 e. The van der Waals surface area contributed by atoms with Crippen molar-refractivity contribution in [1.29, 1.82) is 0 Å². The summed E-state index contributed by atoms with van der Waals surface area (Å²) in [4.78, 5) is 16.4. The van der Waals surface area contributed by atoms with Gasteiger partial charge in [-0.25, -0.2) is 8.42 Å². The van der Waals surface area contributed by atoms with Gasteiger partial charge in [0.15, 0.2) is 21.3 Å². The summed E-state index contributed by atoms with van der Waals surface area (Å²) in [6.07, 6.45) is 5.43. The summed E-state index contributed by atoms with van der Waals surface area (Å²) in [6.45, 7) is 1.12. The summed E-state index contributed by atoms with van der Waals surface area (Å²) in [5, 5.41) is 2.89. The number of nitrogens with one attached hydrogen (secondary N) is 1. The number of nitrogens with zero attached hydrogens (tertiary/aromatic N) is 1. The van der Waals surface area contributed by atoms with Crippen LogP contribution in [0.5, 0.6) is 17.2 Å². The van der Waals surface area contributed by atoms with E-state index in [2.05, 4.69) is 10.3 Å². The van der Waals surface area contributed by atoms with Crippen molar-refractivity contribution in [3.05, 3.63) is 78.1 Å². The molecule has 1 N–H and O–H groups in total. The number of methoxy groups -OCH3 is 1. The van der Waals surface area contributed by atoms with E-state index < -0.39 is 9.84 Å². The Bertz CT molecular complexity index is 1180. The number of benzene rings is 2. The first kappa shape index (κ1) is 25.0. The first-order valence-electron chi connectivity index (χ1n) is 10.7. The molecule has 0 aliphatic carbocycles. The maximum absolute atomic E-state index is 12.2. The molecule has 0 fully saturated rings. The highest BCUT2D eigenvalue weighted by Gasteiger charge is 2.09. The Morgan fingerprint density at radius 2 is 1.68 bits per heavy atom. The van der Waals surface area contributed by atoms with Gasteiger partial charge in [0.2, 0.25) is 5.91 Å². The van der Waals surface area contributed by atoms with E-state index >= 15 is 0 Å². The van der Waals surface area contributed by atoms with Crippen LogP contribution in [0.2, 0.25) is 0 Å². The van der Waals surface area contributed by atoms with Gasteiger partial charge in [-0.3, -0.25) is 9.78 Å². The minimum absolute atomic E-state index is 0.0898. The molecule has 0 saturated heterocycles. The van der Waals surface area contributed by atoms with Gasteiger partial charge in [0.05, 0.1) is 18.6 Å². The zero-order chi connectivity index (χ0) is 24.4. The molecule has 1 aromatic heterocycles. The Balaban J connectivity index is 1.40. The van der Waals surface area contributed by atoms with E-state index in [4.69, 9.17) is 14.2 Å². The first-order chi connectivity index (χ1) is 16.3. The van der Waals surface area contributed by atoms with E-state index in [1.54, 1.807) is 31.6 Å². The molecule has 1 amide bonds. The summed E-state index contributed by atoms with van der Waals surface area (Å²) >= 11 is 0. The van der Waals surface area contributed by atoms with Crippen LogP contribution in [0.3, 0.4) is 0 Å². The highest BCUT2D eigenvalue weighted by Crippen LogP contribution is 2.28. The van der Waals surface area contributed by atoms with Crippen molar-refractivity contribution < 1.29 is 27.4 Å². The monoisotopic (exact) mass is 484 g/mol. The molecule has 0 aliphatic rings. The Labute approximate surface area is 199 Å². The third kappa shape index (κ3) is 7.77. The van der Waals surface area contributed by atoms with Gasteiger partial charge in [-0.2, -0.15) is 0 Å². The third-order valence-corrected chi connectivity index (χ3v) is 6.06. The summed E-state index contributed by atoms with van der Waals surface area (Å²) in [5.74, 6) is 1.69. The molecule has 0 saturated carbocycles. The molecule has 3 aromatic rings. The number of hydrogen-bond acceptors (Lipinski definition) is 7. The fourth-order valence-electron chi connectivity index (χ4n) is 3.08. The Morgan fingerprint density at radius 1 is 0.941 bits per heavy atom. The van der Waals surface area contributed by atoms with Crippen molar-refractivity contribution in [3.63, 3.8) is 0 Å². The van der Waals surface area contributed by atoms with Gasteiger partial charge in [-0.15, -0.1) is 0 Å². The Hall–Kier alpha value is -3.59. The van der Waals surface area contributed by atoms with Crippen LogP contribution < -0.4 is 19.5 Å². The molecule has 0 radical (unpaired) electrons. The van der Waals surface area contributed by atoms with Crippen LogP contribution in [0.4, 0.5) is 0 Å². The molecule has 0 bridgehead atoms. The summed E-state index contributed by atoms with van der Waals surface area (Å²) < 4.78 is 39.8. The minimum Gasteiger partial charge on any atom is -0.494 e. The van der Waals surface area contributed by atoms with Gasteiger partial charge in [-0.1, -0.05) is 6.07 Å². The van der Waals surface area contributed by atoms with Crippen molar-refractivity contribution in [2.75, 3.05) is 20.0 Å². The highest BCUT2D eigenvalue weighted by atomic mass is 32.2. The number of carbonyl (C=O) groups excluding carboxylic acids is 1. The maximum atomic E-state index is 12.2. The van der Waals surface area contributed by atoms with Crippen LogP contribution in [0, 0.1) is 0 Å². The molecule has 2 aromatic carbocycles. The van der Waals surface area contributed by atoms with Crippen LogP contribution in [-0.2, 0) is 27.8 Å². The van der Waals surface area contributed by atoms with E-state index in [1.165, 1.54) is 12.1 Å². The molecule has 180 valence electrons. The number of pyridine rings is 1. The lowest BCUT2D eigenvalue weighted by Crippen LogP contribution is -2.23. The Morgan fingerprint density at radius 3 is 2.35 bits per heavy atom. The van der Waals surface area contributed by atoms with Crippen molar-refractivity contribution in [1.82, 2.24) is 10.3 Å². The smallest absolute Gasteiger partial charge is 0.220 e. The number of sulfone groups is 1. The van der Waals surface area contributed by atoms with E-state index in [0.29, 0.717) is 49.8 Å². The molecule has 8 nitrogen and oxygen atoms in total. The molecule has 3 rings (SSSR count). The molecule has 0 atom stereocenters. The average molecular weight is 485 g/mol. The van der Waals surface area contributed by atoms with Gasteiger partial charge in [0, 0.05) is 31.6 Å². The predicted octanol–water partition coefficient (Wildman–Crippen LogP) is 3.55. The lowest BCUT2D eigenvalue weighted by atomic mass is 10.2. The molecule has 1 heterocycles. The van der Waals surface area contributed by atoms with Crippen LogP contribution in [-0.4, -0.2) is 39.3 Å². The number of ether oxygens (including phenoxy) is 3. The molecular weight excluding hydrogens is 456 g/mol. The molecular formula is C25H28N2O6S. The second-order valence-corrected chi connectivity index (χ2v) is 9.62. The minimum atomic E-state index is -3.23. The van der Waals surface area contributed by atoms with Crippen molar-refractivity contribution in [3.8, 4) is 17.2 Å². The summed E-state index contributed by atoms with van der Waals surface area (Å²) in [6, 6.07) is 15.5. The number of hydrogen-bond donors (Lipinski definition) is 1. The molecule has 34 heavy (non-hydrogen) atoms. The van der Waals surface area contributed by atoms with Crippen LogP contribution in [0.15, 0.2) is 71.9 Å². The van der Waals surface area contributed by atoms with Gasteiger partial charge < -0.3 is 19.5 Å². The highest BCUT2D eigenvalue weighted by molar-refractivity contribution is 7.90. The van der Waals surface area contributed by atoms with Gasteiger partial charge >= 0.3 is 0 Å². The van der Waals surface area contributed by atoms with Crippen molar-refractivity contribution in [2.24, 2.45) is 0 Å². The van der Waals surface area contributed by atoms with Crippen LogP contribution in [0.1, 0.15) is 24.0 Å². The Kier molecular flexibility index (Phi) is 8.86. The van der Waals surface area contributed by atoms with Crippen molar-refractivity contribution >= 4 is 15.7 Å². The second-order valence-electron chi connectivity index (χ2n) is 7.60. The quantitative estimate of drug-likeness (QED) is 0.392. The number of amides is 1. The predicted molar refractivity (Wildman–Crippen MR) is 128 cm³/mol. The summed E-state index contributed by atoms with van der Waals surface area (Å²) in [5.41, 5.74) is 1.90. The standard InChI is InChI=1S/C25H28N2O6S/c1-31-24-16-20(5-10-23(24)33-18-19-11-13-26-14-12-19)17-27-25(28)4-3-15-32-21-6-8-22(9-7-21)34(2,29)30/h5-14,16H,3-4,15,17-18H2,1-2H3,(H,27,28). The largest absolute Gasteiger partial charge is 0.494 e. The lowest BCUT2D eigenvalue weighted by Gasteiger charge is -2.13. The lowest BCUT2D eigenvalue weighted by molar-refractivity contribution is -0.121. The van der Waals surface area contributed by atoms with Crippen LogP contribution >= 0.6 is 0 Å². The van der Waals surface area contributed by atoms with Gasteiger partial charge in [0.1, 0.15) is 12.4 Å². The average Bonchev–Trinajstić information content (AvgIpc) is 2.84. The topological polar surface area (TPSA) is 104 Å². The zero-order valence-corrected chi connectivity index (χ0v) is 20.0. The fraction of sp³-hybridized carbons (Fsp3) is 0.280. The third-order valence-electron chi connectivity index (χ3n) is 4.93. The summed E-state index contributed by atoms with van der Waals surface area (Å²) in [7, 11) is -1.66. The fourth-order valence-corrected chi connectivity index (χ4v) is 3.71. The van der Waals surface area contributed by atoms with E-state index in [-0.39, 0.29) is 10.8 Å². The van der Waals surface area contributed by atoms with Gasteiger partial charge in [-0.05, 0) is 66.1 Å². The number of aromatic nitrogens is 1. The van der Waals surface area contributed by atoms with E-state index in [0.717, 1.165) is 17.4 Å². The van der Waals surface area contributed by atoms with Crippen molar-refractivity contribution in [2.45, 2.75) is 30.9 Å². The van der Waals surface area contributed by atoms with E-state index in [1.807, 2.05) is 30.3 Å². The first-order valence-corrected chi connectivity index (χ1v) is 12.6. The van der Waals surface area contributed by atoms with E-state index in [9.17, 15) is 13.2 Å². The molecule has 0 unspecified atom stereocenters. The molecule has 0 aliphatic heterocycles. The van der Waals surface area contributed by atoms with Gasteiger partial charge in [0.25, 0.3) is 0 Å². The zero-order valence-electron chi connectivity index (χ0n) is 19.2. The molecule has 0 spiro atoms. The molecule has 9 heteroatoms. The second kappa shape index (κ2) is 12.0. The number of rotatable bonds is 12.